The predicted molar refractivity (Wildman–Crippen MR) is 75.8 cm³/mol. The molecule has 0 radical (unpaired) electrons. The van der Waals surface area contributed by atoms with E-state index in [9.17, 15) is 0 Å². The maximum Gasteiger partial charge on any atom is 0.0329 e. The van der Waals surface area contributed by atoms with Crippen LogP contribution < -0.4 is 0 Å². The van der Waals surface area contributed by atoms with Crippen molar-refractivity contribution in [2.24, 2.45) is 0 Å². The standard InChI is InChI=1S/C14H24N2S/c1-14(2,3)13-6-5-12(17-13)11-16-9-7-15(4)8-10-16/h5-6H,7-11H2,1-4H3. The summed E-state index contributed by atoms with van der Waals surface area (Å²) in [6.45, 7) is 12.8. The monoisotopic (exact) mass is 252 g/mol. The summed E-state index contributed by atoms with van der Waals surface area (Å²) < 4.78 is 0. The molecule has 0 aromatic carbocycles. The van der Waals surface area contributed by atoms with Crippen molar-refractivity contribution < 1.29 is 0 Å². The van der Waals surface area contributed by atoms with Crippen LogP contribution in [0.2, 0.25) is 0 Å². The Hall–Kier alpha value is -0.380. The molecule has 0 amide bonds. The van der Waals surface area contributed by atoms with E-state index < -0.39 is 0 Å². The van der Waals surface area contributed by atoms with Crippen LogP contribution in [-0.2, 0) is 12.0 Å². The molecule has 2 nitrogen and oxygen atoms in total. The summed E-state index contributed by atoms with van der Waals surface area (Å²) in [5, 5.41) is 0. The van der Waals surface area contributed by atoms with Gasteiger partial charge in [-0.15, -0.1) is 11.3 Å². The van der Waals surface area contributed by atoms with Gasteiger partial charge in [-0.3, -0.25) is 4.90 Å². The van der Waals surface area contributed by atoms with Crippen molar-refractivity contribution in [1.82, 2.24) is 9.80 Å². The fourth-order valence-electron chi connectivity index (χ4n) is 2.09. The zero-order chi connectivity index (χ0) is 12.5. The molecule has 2 heterocycles. The Bertz CT molecular complexity index is 357. The molecule has 0 atom stereocenters. The molecule has 1 saturated heterocycles. The summed E-state index contributed by atoms with van der Waals surface area (Å²) in [5.74, 6) is 0. The summed E-state index contributed by atoms with van der Waals surface area (Å²) in [6.07, 6.45) is 0. The zero-order valence-electron chi connectivity index (χ0n) is 11.5. The van der Waals surface area contributed by atoms with Gasteiger partial charge in [0.2, 0.25) is 0 Å². The van der Waals surface area contributed by atoms with Crippen molar-refractivity contribution >= 4 is 11.3 Å². The number of likely N-dealkylation sites (N-methyl/N-ethyl adjacent to an activating group) is 1. The number of piperazine rings is 1. The third kappa shape index (κ3) is 3.54. The van der Waals surface area contributed by atoms with Gasteiger partial charge in [-0.05, 0) is 24.6 Å². The molecule has 96 valence electrons. The van der Waals surface area contributed by atoms with Gasteiger partial charge in [0, 0.05) is 42.5 Å². The van der Waals surface area contributed by atoms with Crippen molar-refractivity contribution in [2.75, 3.05) is 33.2 Å². The Morgan fingerprint density at radius 3 is 2.29 bits per heavy atom. The molecule has 1 fully saturated rings. The minimum absolute atomic E-state index is 0.297. The van der Waals surface area contributed by atoms with Gasteiger partial charge in [0.05, 0.1) is 0 Å². The van der Waals surface area contributed by atoms with E-state index >= 15 is 0 Å². The summed E-state index contributed by atoms with van der Waals surface area (Å²) in [6, 6.07) is 4.61. The average molecular weight is 252 g/mol. The fraction of sp³-hybridized carbons (Fsp3) is 0.714. The number of hydrogen-bond acceptors (Lipinski definition) is 3. The van der Waals surface area contributed by atoms with Crippen LogP contribution in [0.5, 0.6) is 0 Å². The van der Waals surface area contributed by atoms with E-state index in [1.54, 1.807) is 0 Å². The minimum atomic E-state index is 0.297. The molecule has 1 aromatic rings. The molecule has 0 aliphatic carbocycles. The summed E-state index contributed by atoms with van der Waals surface area (Å²) in [5.41, 5.74) is 0.297. The summed E-state index contributed by atoms with van der Waals surface area (Å²) in [4.78, 5) is 7.99. The Balaban J connectivity index is 1.93. The van der Waals surface area contributed by atoms with Gasteiger partial charge in [0.15, 0.2) is 0 Å². The second-order valence-electron chi connectivity index (χ2n) is 6.10. The van der Waals surface area contributed by atoms with E-state index in [0.717, 1.165) is 6.54 Å². The van der Waals surface area contributed by atoms with Crippen LogP contribution in [0.3, 0.4) is 0 Å². The van der Waals surface area contributed by atoms with Crippen LogP contribution in [0.25, 0.3) is 0 Å². The van der Waals surface area contributed by atoms with Crippen molar-refractivity contribution in [3.05, 3.63) is 21.9 Å². The van der Waals surface area contributed by atoms with E-state index in [1.165, 1.54) is 35.9 Å². The topological polar surface area (TPSA) is 6.48 Å². The number of thiophene rings is 1. The minimum Gasteiger partial charge on any atom is -0.304 e. The molecule has 2 rings (SSSR count). The van der Waals surface area contributed by atoms with Gasteiger partial charge in [0.1, 0.15) is 0 Å². The predicted octanol–water partition coefficient (Wildman–Crippen LogP) is 2.79. The van der Waals surface area contributed by atoms with Crippen LogP contribution in [0.15, 0.2) is 12.1 Å². The van der Waals surface area contributed by atoms with Gasteiger partial charge < -0.3 is 4.90 Å². The van der Waals surface area contributed by atoms with Crippen molar-refractivity contribution in [3.63, 3.8) is 0 Å². The van der Waals surface area contributed by atoms with Gasteiger partial charge in [-0.2, -0.15) is 0 Å². The molecule has 1 aromatic heterocycles. The molecule has 1 aliphatic rings. The SMILES string of the molecule is CN1CCN(Cc2ccc(C(C)(C)C)s2)CC1. The van der Waals surface area contributed by atoms with Crippen LogP contribution in [0.1, 0.15) is 30.5 Å². The molecule has 1 aliphatic heterocycles. The van der Waals surface area contributed by atoms with Gasteiger partial charge in [0.25, 0.3) is 0 Å². The van der Waals surface area contributed by atoms with Crippen molar-refractivity contribution in [3.8, 4) is 0 Å². The molecule has 0 spiro atoms. The van der Waals surface area contributed by atoms with E-state index in [0.29, 0.717) is 5.41 Å². The van der Waals surface area contributed by atoms with Crippen molar-refractivity contribution in [2.45, 2.75) is 32.7 Å². The third-order valence-corrected chi connectivity index (χ3v) is 4.87. The molecule has 17 heavy (non-hydrogen) atoms. The Morgan fingerprint density at radius 1 is 1.12 bits per heavy atom. The molecule has 0 unspecified atom stereocenters. The van der Waals surface area contributed by atoms with Crippen LogP contribution >= 0.6 is 11.3 Å². The number of nitrogens with zero attached hydrogens (tertiary/aromatic N) is 2. The van der Waals surface area contributed by atoms with E-state index in [4.69, 9.17) is 0 Å². The molecule has 0 bridgehead atoms. The highest BCUT2D eigenvalue weighted by Crippen LogP contribution is 2.30. The van der Waals surface area contributed by atoms with Crippen LogP contribution in [-0.4, -0.2) is 43.0 Å². The lowest BCUT2D eigenvalue weighted by molar-refractivity contribution is 0.149. The first-order chi connectivity index (χ1) is 7.95. The van der Waals surface area contributed by atoms with Crippen LogP contribution in [0.4, 0.5) is 0 Å². The normalized spacial score (nSPS) is 19.8. The lowest BCUT2D eigenvalue weighted by Gasteiger charge is -2.31. The first-order valence-electron chi connectivity index (χ1n) is 6.45. The first-order valence-corrected chi connectivity index (χ1v) is 7.27. The molecular weight excluding hydrogens is 228 g/mol. The smallest absolute Gasteiger partial charge is 0.0329 e. The largest absolute Gasteiger partial charge is 0.304 e. The molecule has 0 saturated carbocycles. The molecule has 3 heteroatoms. The lowest BCUT2D eigenvalue weighted by atomic mass is 9.95. The third-order valence-electron chi connectivity index (χ3n) is 3.38. The van der Waals surface area contributed by atoms with Gasteiger partial charge >= 0.3 is 0 Å². The zero-order valence-corrected chi connectivity index (χ0v) is 12.3. The number of hydrogen-bond donors (Lipinski definition) is 0. The van der Waals surface area contributed by atoms with E-state index in [1.807, 2.05) is 11.3 Å². The first kappa shape index (κ1) is 13.1. The molecular formula is C14H24N2S. The van der Waals surface area contributed by atoms with E-state index in [2.05, 4.69) is 49.8 Å². The highest BCUT2D eigenvalue weighted by molar-refractivity contribution is 7.12. The number of rotatable bonds is 2. The Labute approximate surface area is 109 Å². The highest BCUT2D eigenvalue weighted by atomic mass is 32.1. The summed E-state index contributed by atoms with van der Waals surface area (Å²) >= 11 is 1.98. The molecule has 0 N–H and O–H groups in total. The average Bonchev–Trinajstić information content (AvgIpc) is 2.69. The maximum absolute atomic E-state index is 2.57. The van der Waals surface area contributed by atoms with Crippen LogP contribution in [0, 0.1) is 0 Å². The Kier molecular flexibility index (Phi) is 3.91. The second-order valence-corrected chi connectivity index (χ2v) is 7.26. The quantitative estimate of drug-likeness (QED) is 0.798. The Morgan fingerprint density at radius 2 is 1.76 bits per heavy atom. The van der Waals surface area contributed by atoms with Crippen molar-refractivity contribution in [1.29, 1.82) is 0 Å². The fourth-order valence-corrected chi connectivity index (χ4v) is 3.20. The van der Waals surface area contributed by atoms with E-state index in [-0.39, 0.29) is 0 Å². The van der Waals surface area contributed by atoms with Gasteiger partial charge in [-0.1, -0.05) is 20.8 Å². The lowest BCUT2D eigenvalue weighted by Crippen LogP contribution is -2.43. The second kappa shape index (κ2) is 5.09. The maximum atomic E-state index is 2.57. The van der Waals surface area contributed by atoms with Gasteiger partial charge in [-0.25, -0.2) is 0 Å². The summed E-state index contributed by atoms with van der Waals surface area (Å²) in [7, 11) is 2.21. The highest BCUT2D eigenvalue weighted by Gasteiger charge is 2.18.